The highest BCUT2D eigenvalue weighted by atomic mass is 32.1. The molecule has 6 heteroatoms. The Morgan fingerprint density at radius 3 is 2.56 bits per heavy atom. The molecule has 1 atom stereocenters. The molecule has 1 aromatic rings. The molecule has 0 aliphatic carbocycles. The molecular weight excluding hydrogens is 440 g/mol. The maximum atomic E-state index is 10.8. The molecule has 5 nitrogen and oxygen atoms in total. The van der Waals surface area contributed by atoms with Gasteiger partial charge >= 0.3 is 0 Å². The van der Waals surface area contributed by atoms with Gasteiger partial charge in [0.05, 0.1) is 5.69 Å². The van der Waals surface area contributed by atoms with Crippen LogP contribution in [-0.2, 0) is 11.2 Å². The lowest BCUT2D eigenvalue weighted by molar-refractivity contribution is -0.105. The predicted molar refractivity (Wildman–Crippen MR) is 147 cm³/mol. The first kappa shape index (κ1) is 27.6. The highest BCUT2D eigenvalue weighted by Gasteiger charge is 2.25. The van der Waals surface area contributed by atoms with Crippen molar-refractivity contribution in [3.8, 4) is 0 Å². The largest absolute Gasteiger partial charge is 0.328 e. The molecule has 194 valence electrons. The van der Waals surface area contributed by atoms with E-state index in [1.807, 2.05) is 5.38 Å². The minimum atomic E-state index is 0.696. The van der Waals surface area contributed by atoms with Crippen LogP contribution in [0.1, 0.15) is 76.7 Å². The van der Waals surface area contributed by atoms with Crippen molar-refractivity contribution in [3.63, 3.8) is 0 Å². The molecule has 0 aromatic carbocycles. The van der Waals surface area contributed by atoms with E-state index in [-0.39, 0.29) is 0 Å². The van der Waals surface area contributed by atoms with Gasteiger partial charge in [-0.25, -0.2) is 0 Å². The van der Waals surface area contributed by atoms with Crippen LogP contribution in [0, 0.1) is 11.8 Å². The van der Waals surface area contributed by atoms with E-state index in [0.29, 0.717) is 6.04 Å². The smallest absolute Gasteiger partial charge is 0.211 e. The minimum Gasteiger partial charge on any atom is -0.328 e. The van der Waals surface area contributed by atoms with Crippen molar-refractivity contribution in [1.82, 2.24) is 14.7 Å². The summed E-state index contributed by atoms with van der Waals surface area (Å²) in [5.41, 5.74) is 2.24. The van der Waals surface area contributed by atoms with E-state index < -0.39 is 0 Å². The van der Waals surface area contributed by atoms with Crippen LogP contribution < -0.4 is 5.32 Å². The molecule has 0 bridgehead atoms. The Kier molecular flexibility index (Phi) is 12.4. The first-order valence-electron chi connectivity index (χ1n) is 14.0. The summed E-state index contributed by atoms with van der Waals surface area (Å²) in [5.74, 6) is 1.96. The van der Waals surface area contributed by atoms with Crippen LogP contribution in [0.4, 0.5) is 5.69 Å². The molecular formula is C28H50N4OS. The topological polar surface area (TPSA) is 38.8 Å². The molecule has 0 radical (unpaired) electrons. The van der Waals surface area contributed by atoms with Gasteiger partial charge in [0.1, 0.15) is 0 Å². The molecule has 2 fully saturated rings. The van der Waals surface area contributed by atoms with Gasteiger partial charge in [-0.05, 0) is 108 Å². The summed E-state index contributed by atoms with van der Waals surface area (Å²) in [6.07, 6.45) is 15.7. The van der Waals surface area contributed by atoms with E-state index in [4.69, 9.17) is 0 Å². The number of carbonyl (C=O) groups excluding carboxylic acids is 1. The highest BCUT2D eigenvalue weighted by molar-refractivity contribution is 7.08. The SMILES string of the molecule is CCCC(CCCCCN1CCC(N(C)CCc2cscc2NC=O)CC1)C1CCN(C)CC1. The summed E-state index contributed by atoms with van der Waals surface area (Å²) in [6.45, 7) is 9.83. The first-order chi connectivity index (χ1) is 16.6. The number of hydrogen-bond donors (Lipinski definition) is 1. The van der Waals surface area contributed by atoms with Gasteiger partial charge in [-0.2, -0.15) is 0 Å². The second-order valence-corrected chi connectivity index (χ2v) is 11.7. The molecule has 1 unspecified atom stereocenters. The molecule has 0 saturated carbocycles. The number of likely N-dealkylation sites (tertiary alicyclic amines) is 2. The monoisotopic (exact) mass is 490 g/mol. The fourth-order valence-corrected chi connectivity index (χ4v) is 7.01. The lowest BCUT2D eigenvalue weighted by Crippen LogP contribution is -2.44. The zero-order chi connectivity index (χ0) is 24.2. The van der Waals surface area contributed by atoms with E-state index in [1.54, 1.807) is 11.3 Å². The van der Waals surface area contributed by atoms with Gasteiger partial charge in [0.15, 0.2) is 0 Å². The number of hydrogen-bond acceptors (Lipinski definition) is 5. The van der Waals surface area contributed by atoms with Gasteiger partial charge < -0.3 is 20.0 Å². The third-order valence-electron chi connectivity index (χ3n) is 8.51. The molecule has 1 amide bonds. The number of nitrogens with zero attached hydrogens (tertiary/aromatic N) is 3. The lowest BCUT2D eigenvalue weighted by Gasteiger charge is -2.37. The average Bonchev–Trinajstić information content (AvgIpc) is 3.30. The van der Waals surface area contributed by atoms with Gasteiger partial charge in [0, 0.05) is 18.0 Å². The minimum absolute atomic E-state index is 0.696. The second-order valence-electron chi connectivity index (χ2n) is 10.9. The van der Waals surface area contributed by atoms with Gasteiger partial charge in [0.25, 0.3) is 0 Å². The number of carbonyl (C=O) groups is 1. The maximum Gasteiger partial charge on any atom is 0.211 e. The second kappa shape index (κ2) is 15.2. The van der Waals surface area contributed by atoms with Crippen molar-refractivity contribution < 1.29 is 4.79 Å². The number of amides is 1. The predicted octanol–water partition coefficient (Wildman–Crippen LogP) is 5.57. The summed E-state index contributed by atoms with van der Waals surface area (Å²) >= 11 is 1.67. The van der Waals surface area contributed by atoms with Crippen LogP contribution in [0.2, 0.25) is 0 Å². The Bertz CT molecular complexity index is 680. The summed E-state index contributed by atoms with van der Waals surface area (Å²) < 4.78 is 0. The van der Waals surface area contributed by atoms with Crippen LogP contribution >= 0.6 is 11.3 Å². The number of likely N-dealkylation sites (N-methyl/N-ethyl adjacent to an activating group) is 1. The molecule has 2 saturated heterocycles. The fourth-order valence-electron chi connectivity index (χ4n) is 6.18. The number of piperidine rings is 2. The number of unbranched alkanes of at least 4 members (excludes halogenated alkanes) is 2. The van der Waals surface area contributed by atoms with Crippen molar-refractivity contribution in [3.05, 3.63) is 16.3 Å². The van der Waals surface area contributed by atoms with E-state index >= 15 is 0 Å². The molecule has 1 N–H and O–H groups in total. The fraction of sp³-hybridized carbons (Fsp3) is 0.821. The Balaban J connectivity index is 1.26. The molecule has 1 aromatic heterocycles. The Morgan fingerprint density at radius 1 is 1.09 bits per heavy atom. The number of anilines is 1. The first-order valence-corrected chi connectivity index (χ1v) is 14.9. The third kappa shape index (κ3) is 8.92. The van der Waals surface area contributed by atoms with Crippen LogP contribution in [-0.4, -0.2) is 80.5 Å². The summed E-state index contributed by atoms with van der Waals surface area (Å²) in [6, 6.07) is 0.696. The van der Waals surface area contributed by atoms with Gasteiger partial charge in [-0.1, -0.05) is 39.0 Å². The van der Waals surface area contributed by atoms with Crippen molar-refractivity contribution >= 4 is 23.4 Å². The van der Waals surface area contributed by atoms with Crippen LogP contribution in [0.5, 0.6) is 0 Å². The van der Waals surface area contributed by atoms with Crippen LogP contribution in [0.15, 0.2) is 10.8 Å². The maximum absolute atomic E-state index is 10.8. The molecule has 2 aliphatic heterocycles. The van der Waals surface area contributed by atoms with E-state index in [2.05, 4.69) is 46.4 Å². The van der Waals surface area contributed by atoms with Gasteiger partial charge in [0.2, 0.25) is 6.41 Å². The third-order valence-corrected chi connectivity index (χ3v) is 9.30. The number of nitrogens with one attached hydrogen (secondary N) is 1. The zero-order valence-electron chi connectivity index (χ0n) is 22.1. The Morgan fingerprint density at radius 2 is 1.85 bits per heavy atom. The quantitative estimate of drug-likeness (QED) is 0.258. The summed E-state index contributed by atoms with van der Waals surface area (Å²) in [7, 11) is 4.55. The van der Waals surface area contributed by atoms with Gasteiger partial charge in [-0.3, -0.25) is 4.79 Å². The average molecular weight is 491 g/mol. The number of thiophene rings is 1. The number of rotatable bonds is 15. The van der Waals surface area contributed by atoms with Crippen molar-refractivity contribution in [1.29, 1.82) is 0 Å². The summed E-state index contributed by atoms with van der Waals surface area (Å²) in [4.78, 5) is 18.5. The summed E-state index contributed by atoms with van der Waals surface area (Å²) in [5, 5.41) is 7.02. The van der Waals surface area contributed by atoms with E-state index in [0.717, 1.165) is 36.9 Å². The highest BCUT2D eigenvalue weighted by Crippen LogP contribution is 2.32. The Labute approximate surface area is 213 Å². The van der Waals surface area contributed by atoms with Crippen molar-refractivity contribution in [2.75, 3.05) is 58.7 Å². The molecule has 3 heterocycles. The van der Waals surface area contributed by atoms with Crippen LogP contribution in [0.3, 0.4) is 0 Å². The molecule has 2 aliphatic rings. The molecule has 0 spiro atoms. The standard InChI is InChI=1S/C28H50N4OS/c1-4-8-24(25-10-16-30(2)17-11-25)9-6-5-7-15-32-19-13-27(14-20-32)31(3)18-12-26-21-34-22-28(26)29-23-33/h21-25,27H,4-20H2,1-3H3,(H,29,33). The van der Waals surface area contributed by atoms with Crippen molar-refractivity contribution in [2.45, 2.75) is 83.6 Å². The Hall–Kier alpha value is -0.950. The van der Waals surface area contributed by atoms with E-state index in [9.17, 15) is 4.79 Å². The zero-order valence-corrected chi connectivity index (χ0v) is 23.0. The molecule has 3 rings (SSSR count). The lowest BCUT2D eigenvalue weighted by atomic mass is 9.79. The normalized spacial score (nSPS) is 20.1. The molecule has 34 heavy (non-hydrogen) atoms. The van der Waals surface area contributed by atoms with Crippen LogP contribution in [0.25, 0.3) is 0 Å². The van der Waals surface area contributed by atoms with E-state index in [1.165, 1.54) is 102 Å². The van der Waals surface area contributed by atoms with Crippen molar-refractivity contribution in [2.24, 2.45) is 11.8 Å². The van der Waals surface area contributed by atoms with Gasteiger partial charge in [-0.15, -0.1) is 11.3 Å².